The van der Waals surface area contributed by atoms with Crippen LogP contribution in [0.4, 0.5) is 5.69 Å². The van der Waals surface area contributed by atoms with Gasteiger partial charge in [-0.05, 0) is 36.8 Å². The summed E-state index contributed by atoms with van der Waals surface area (Å²) in [5.74, 6) is -0.942. The molecular weight excluding hydrogens is 356 g/mol. The Bertz CT molecular complexity index is 864. The van der Waals surface area contributed by atoms with Crippen molar-refractivity contribution in [2.75, 3.05) is 11.9 Å². The van der Waals surface area contributed by atoms with Gasteiger partial charge in [-0.1, -0.05) is 30.3 Å². The van der Waals surface area contributed by atoms with Gasteiger partial charge in [-0.3, -0.25) is 4.79 Å². The van der Waals surface area contributed by atoms with Crippen molar-refractivity contribution in [1.29, 1.82) is 0 Å². The topological polar surface area (TPSA) is 102 Å². The SMILES string of the molecule is CCOC(=O)C(NS(=O)(=O)c1ccc(NC(C)=O)cc1)c1ccccc1. The van der Waals surface area contributed by atoms with E-state index in [1.54, 1.807) is 37.3 Å². The summed E-state index contributed by atoms with van der Waals surface area (Å²) in [5.41, 5.74) is 0.950. The van der Waals surface area contributed by atoms with Crippen molar-refractivity contribution in [1.82, 2.24) is 4.72 Å². The normalized spacial score (nSPS) is 12.2. The van der Waals surface area contributed by atoms with E-state index in [9.17, 15) is 18.0 Å². The third kappa shape index (κ3) is 5.14. The Balaban J connectivity index is 2.28. The summed E-state index contributed by atoms with van der Waals surface area (Å²) in [5, 5.41) is 2.56. The van der Waals surface area contributed by atoms with Crippen LogP contribution in [0.2, 0.25) is 0 Å². The van der Waals surface area contributed by atoms with E-state index < -0.39 is 22.0 Å². The molecule has 0 saturated carbocycles. The number of hydrogen-bond acceptors (Lipinski definition) is 5. The first-order valence-corrected chi connectivity index (χ1v) is 9.43. The minimum Gasteiger partial charge on any atom is -0.465 e. The number of ether oxygens (including phenoxy) is 1. The van der Waals surface area contributed by atoms with Crippen LogP contribution in [-0.4, -0.2) is 26.9 Å². The van der Waals surface area contributed by atoms with Crippen molar-refractivity contribution >= 4 is 27.6 Å². The van der Waals surface area contributed by atoms with E-state index in [4.69, 9.17) is 4.74 Å². The number of hydrogen-bond donors (Lipinski definition) is 2. The van der Waals surface area contributed by atoms with Crippen LogP contribution in [0.5, 0.6) is 0 Å². The summed E-state index contributed by atoms with van der Waals surface area (Å²) in [6, 6.07) is 12.9. The second-order valence-electron chi connectivity index (χ2n) is 5.42. The van der Waals surface area contributed by atoms with Crippen LogP contribution < -0.4 is 10.0 Å². The van der Waals surface area contributed by atoms with Crippen LogP contribution in [0.25, 0.3) is 0 Å². The van der Waals surface area contributed by atoms with Crippen molar-refractivity contribution in [2.24, 2.45) is 0 Å². The zero-order chi connectivity index (χ0) is 19.2. The second kappa shape index (κ2) is 8.59. The molecule has 138 valence electrons. The highest BCUT2D eigenvalue weighted by molar-refractivity contribution is 7.89. The number of amides is 1. The van der Waals surface area contributed by atoms with Gasteiger partial charge in [0.1, 0.15) is 6.04 Å². The molecule has 0 radical (unpaired) electrons. The van der Waals surface area contributed by atoms with Crippen molar-refractivity contribution < 1.29 is 22.7 Å². The number of benzene rings is 2. The first-order chi connectivity index (χ1) is 12.3. The summed E-state index contributed by atoms with van der Waals surface area (Å²) in [7, 11) is -3.98. The van der Waals surface area contributed by atoms with Crippen LogP contribution in [-0.2, 0) is 24.3 Å². The summed E-state index contributed by atoms with van der Waals surface area (Å²) in [4.78, 5) is 23.2. The number of carbonyl (C=O) groups is 2. The number of carbonyl (C=O) groups excluding carboxylic acids is 2. The largest absolute Gasteiger partial charge is 0.465 e. The predicted molar refractivity (Wildman–Crippen MR) is 96.9 cm³/mol. The molecule has 0 aliphatic rings. The van der Waals surface area contributed by atoms with Crippen molar-refractivity contribution in [3.63, 3.8) is 0 Å². The Morgan fingerprint density at radius 1 is 1.04 bits per heavy atom. The molecule has 0 spiro atoms. The Morgan fingerprint density at radius 3 is 2.19 bits per heavy atom. The van der Waals surface area contributed by atoms with Crippen molar-refractivity contribution in [3.05, 3.63) is 60.2 Å². The Labute approximate surface area is 152 Å². The molecule has 1 atom stereocenters. The molecule has 0 aliphatic heterocycles. The number of rotatable bonds is 7. The van der Waals surface area contributed by atoms with Gasteiger partial charge in [-0.2, -0.15) is 4.72 Å². The smallest absolute Gasteiger partial charge is 0.328 e. The average Bonchev–Trinajstić information content (AvgIpc) is 2.60. The van der Waals surface area contributed by atoms with Crippen molar-refractivity contribution in [2.45, 2.75) is 24.8 Å². The third-order valence-electron chi connectivity index (χ3n) is 3.41. The fourth-order valence-corrected chi connectivity index (χ4v) is 3.44. The van der Waals surface area contributed by atoms with Gasteiger partial charge in [0.2, 0.25) is 15.9 Å². The van der Waals surface area contributed by atoms with Gasteiger partial charge in [0.15, 0.2) is 0 Å². The number of esters is 1. The van der Waals surface area contributed by atoms with Crippen LogP contribution in [0.3, 0.4) is 0 Å². The quantitative estimate of drug-likeness (QED) is 0.722. The summed E-state index contributed by atoms with van der Waals surface area (Å²) in [6.45, 7) is 3.14. The highest BCUT2D eigenvalue weighted by Crippen LogP contribution is 2.20. The van der Waals surface area contributed by atoms with Crippen molar-refractivity contribution in [3.8, 4) is 0 Å². The van der Waals surface area contributed by atoms with Gasteiger partial charge in [0, 0.05) is 12.6 Å². The lowest BCUT2D eigenvalue weighted by atomic mass is 10.1. The molecule has 0 saturated heterocycles. The first kappa shape index (κ1) is 19.6. The molecule has 0 bridgehead atoms. The molecule has 7 nitrogen and oxygen atoms in total. The summed E-state index contributed by atoms with van der Waals surface area (Å²) >= 11 is 0. The Hall–Kier alpha value is -2.71. The molecule has 0 aromatic heterocycles. The van der Waals surface area contributed by atoms with Gasteiger partial charge < -0.3 is 10.1 Å². The lowest BCUT2D eigenvalue weighted by Gasteiger charge is -2.18. The van der Waals surface area contributed by atoms with E-state index in [2.05, 4.69) is 10.0 Å². The van der Waals surface area contributed by atoms with Gasteiger partial charge in [-0.15, -0.1) is 0 Å². The molecule has 8 heteroatoms. The van der Waals surface area contributed by atoms with Crippen LogP contribution in [0.15, 0.2) is 59.5 Å². The molecule has 2 aromatic rings. The maximum Gasteiger partial charge on any atom is 0.328 e. The molecule has 2 N–H and O–H groups in total. The number of anilines is 1. The zero-order valence-electron chi connectivity index (χ0n) is 14.4. The third-order valence-corrected chi connectivity index (χ3v) is 4.85. The lowest BCUT2D eigenvalue weighted by molar-refractivity contribution is -0.145. The molecule has 1 unspecified atom stereocenters. The lowest BCUT2D eigenvalue weighted by Crippen LogP contribution is -2.35. The van der Waals surface area contributed by atoms with E-state index >= 15 is 0 Å². The minimum atomic E-state index is -3.98. The highest BCUT2D eigenvalue weighted by Gasteiger charge is 2.28. The maximum atomic E-state index is 12.7. The van der Waals surface area contributed by atoms with Crippen LogP contribution >= 0.6 is 0 Å². The van der Waals surface area contributed by atoms with Crippen LogP contribution in [0, 0.1) is 0 Å². The monoisotopic (exact) mass is 376 g/mol. The van der Waals surface area contributed by atoms with E-state index in [0.717, 1.165) is 0 Å². The molecule has 2 rings (SSSR count). The molecule has 26 heavy (non-hydrogen) atoms. The van der Waals surface area contributed by atoms with Gasteiger partial charge in [0.25, 0.3) is 0 Å². The predicted octanol–water partition coefficient (Wildman–Crippen LogP) is 2.23. The van der Waals surface area contributed by atoms with Gasteiger partial charge >= 0.3 is 5.97 Å². The second-order valence-corrected chi connectivity index (χ2v) is 7.14. The molecule has 0 fully saturated rings. The molecular formula is C18H20N2O5S. The number of sulfonamides is 1. The van der Waals surface area contributed by atoms with E-state index in [1.807, 2.05) is 0 Å². The molecule has 1 amide bonds. The summed E-state index contributed by atoms with van der Waals surface area (Å²) in [6.07, 6.45) is 0. The fourth-order valence-electron chi connectivity index (χ4n) is 2.27. The van der Waals surface area contributed by atoms with Gasteiger partial charge in [-0.25, -0.2) is 13.2 Å². The average molecular weight is 376 g/mol. The molecule has 2 aromatic carbocycles. The van der Waals surface area contributed by atoms with Crippen LogP contribution in [0.1, 0.15) is 25.5 Å². The highest BCUT2D eigenvalue weighted by atomic mass is 32.2. The van der Waals surface area contributed by atoms with E-state index in [1.165, 1.54) is 31.2 Å². The maximum absolute atomic E-state index is 12.7. The standard InChI is InChI=1S/C18H20N2O5S/c1-3-25-18(22)17(14-7-5-4-6-8-14)20-26(23,24)16-11-9-15(10-12-16)19-13(2)21/h4-12,17,20H,3H2,1-2H3,(H,19,21). The molecule has 0 heterocycles. The van der Waals surface area contributed by atoms with E-state index in [0.29, 0.717) is 11.3 Å². The zero-order valence-corrected chi connectivity index (χ0v) is 15.2. The minimum absolute atomic E-state index is 0.0307. The first-order valence-electron chi connectivity index (χ1n) is 7.95. The molecule has 0 aliphatic carbocycles. The van der Waals surface area contributed by atoms with Gasteiger partial charge in [0.05, 0.1) is 11.5 Å². The Morgan fingerprint density at radius 2 is 1.65 bits per heavy atom. The number of nitrogens with one attached hydrogen (secondary N) is 2. The fraction of sp³-hybridized carbons (Fsp3) is 0.222. The summed E-state index contributed by atoms with van der Waals surface area (Å²) < 4.78 is 32.7. The Kier molecular flexibility index (Phi) is 6.48. The van der Waals surface area contributed by atoms with E-state index in [-0.39, 0.29) is 17.4 Å².